The Labute approximate surface area is 195 Å². The Bertz CT molecular complexity index is 1510. The molecular formula is C24H23N9O. The van der Waals surface area contributed by atoms with Crippen LogP contribution in [0.5, 0.6) is 0 Å². The van der Waals surface area contributed by atoms with Crippen LogP contribution < -0.4 is 21.9 Å². The molecule has 0 bridgehead atoms. The van der Waals surface area contributed by atoms with Crippen LogP contribution in [0.15, 0.2) is 47.5 Å². The molecule has 5 rings (SSSR count). The molecule has 3 aromatic heterocycles. The molecule has 10 nitrogen and oxygen atoms in total. The Morgan fingerprint density at radius 1 is 1.12 bits per heavy atom. The van der Waals surface area contributed by atoms with Gasteiger partial charge in [0.1, 0.15) is 23.3 Å². The molecule has 0 saturated carbocycles. The van der Waals surface area contributed by atoms with E-state index >= 15 is 0 Å². The van der Waals surface area contributed by atoms with Gasteiger partial charge < -0.3 is 16.4 Å². The zero-order valence-electron chi connectivity index (χ0n) is 18.8. The number of hydrogen-bond donors (Lipinski definition) is 2. The summed E-state index contributed by atoms with van der Waals surface area (Å²) in [4.78, 5) is 33.3. The van der Waals surface area contributed by atoms with Crippen molar-refractivity contribution in [3.05, 3.63) is 70.0 Å². The first-order valence-electron chi connectivity index (χ1n) is 10.9. The van der Waals surface area contributed by atoms with Crippen molar-refractivity contribution in [3.63, 3.8) is 0 Å². The summed E-state index contributed by atoms with van der Waals surface area (Å²) in [6, 6.07) is 11.0. The summed E-state index contributed by atoms with van der Waals surface area (Å²) in [6.45, 7) is 3.93. The fourth-order valence-electron chi connectivity index (χ4n) is 4.74. The highest BCUT2D eigenvalue weighted by Gasteiger charge is 2.38. The van der Waals surface area contributed by atoms with Crippen LogP contribution in [0.3, 0.4) is 0 Å². The summed E-state index contributed by atoms with van der Waals surface area (Å²) in [5, 5.41) is 10.3. The summed E-state index contributed by atoms with van der Waals surface area (Å²) >= 11 is 0. The average molecular weight is 454 g/mol. The van der Waals surface area contributed by atoms with Gasteiger partial charge >= 0.3 is 0 Å². The van der Waals surface area contributed by atoms with Crippen molar-refractivity contribution in [3.8, 4) is 11.8 Å². The zero-order chi connectivity index (χ0) is 24.0. The van der Waals surface area contributed by atoms with Crippen molar-refractivity contribution in [2.75, 3.05) is 16.4 Å². The SMILES string of the molecule is Cc1cccc2nc([C@@H]3CC[C@H](C)N3c3nc(N)nc(N)c3C#N)n(-c3cccnc3)c(=O)c12. The average Bonchev–Trinajstić information content (AvgIpc) is 3.20. The van der Waals surface area contributed by atoms with Crippen LogP contribution in [-0.4, -0.2) is 30.5 Å². The number of anilines is 3. The molecule has 10 heteroatoms. The molecular weight excluding hydrogens is 430 g/mol. The van der Waals surface area contributed by atoms with Gasteiger partial charge in [-0.15, -0.1) is 0 Å². The summed E-state index contributed by atoms with van der Waals surface area (Å²) < 4.78 is 1.61. The third-order valence-corrected chi connectivity index (χ3v) is 6.29. The zero-order valence-corrected chi connectivity index (χ0v) is 18.8. The maximum absolute atomic E-state index is 13.8. The molecule has 0 aliphatic carbocycles. The highest BCUT2D eigenvalue weighted by atomic mass is 16.1. The lowest BCUT2D eigenvalue weighted by Crippen LogP contribution is -2.36. The van der Waals surface area contributed by atoms with Gasteiger partial charge in [-0.05, 0) is 50.5 Å². The van der Waals surface area contributed by atoms with Gasteiger partial charge in [-0.25, -0.2) is 4.98 Å². The summed E-state index contributed by atoms with van der Waals surface area (Å²) in [5.41, 5.74) is 14.0. The van der Waals surface area contributed by atoms with Crippen LogP contribution in [0.1, 0.15) is 42.8 Å². The molecule has 0 unspecified atom stereocenters. The minimum Gasteiger partial charge on any atom is -0.382 e. The smallest absolute Gasteiger partial charge is 0.266 e. The second kappa shape index (κ2) is 8.12. The van der Waals surface area contributed by atoms with Gasteiger partial charge in [0, 0.05) is 12.2 Å². The van der Waals surface area contributed by atoms with E-state index in [1.165, 1.54) is 0 Å². The molecule has 2 atom stereocenters. The molecule has 4 heterocycles. The number of rotatable bonds is 3. The number of aromatic nitrogens is 5. The number of benzene rings is 1. The maximum Gasteiger partial charge on any atom is 0.266 e. The van der Waals surface area contributed by atoms with Gasteiger partial charge in [0.15, 0.2) is 5.82 Å². The first-order valence-corrected chi connectivity index (χ1v) is 10.9. The van der Waals surface area contributed by atoms with E-state index in [2.05, 4.69) is 21.0 Å². The molecule has 0 spiro atoms. The Kier molecular flexibility index (Phi) is 5.09. The van der Waals surface area contributed by atoms with E-state index in [9.17, 15) is 10.1 Å². The number of nitriles is 1. The number of hydrogen-bond acceptors (Lipinski definition) is 9. The lowest BCUT2D eigenvalue weighted by atomic mass is 10.1. The van der Waals surface area contributed by atoms with Crippen molar-refractivity contribution >= 4 is 28.5 Å². The second-order valence-electron chi connectivity index (χ2n) is 8.42. The van der Waals surface area contributed by atoms with Crippen LogP contribution in [0.25, 0.3) is 16.6 Å². The number of fused-ring (bicyclic) bond motifs is 1. The second-order valence-corrected chi connectivity index (χ2v) is 8.42. The van der Waals surface area contributed by atoms with E-state index in [1.807, 2.05) is 43.0 Å². The predicted molar refractivity (Wildman–Crippen MR) is 129 cm³/mol. The van der Waals surface area contributed by atoms with Gasteiger partial charge in [0.05, 0.1) is 28.8 Å². The van der Waals surface area contributed by atoms with E-state index in [1.54, 1.807) is 23.0 Å². The first kappa shape index (κ1) is 21.3. The van der Waals surface area contributed by atoms with Crippen molar-refractivity contribution in [1.29, 1.82) is 5.26 Å². The van der Waals surface area contributed by atoms with Gasteiger partial charge in [0.25, 0.3) is 5.56 Å². The Morgan fingerprint density at radius 3 is 2.68 bits per heavy atom. The third-order valence-electron chi connectivity index (χ3n) is 6.29. The summed E-state index contributed by atoms with van der Waals surface area (Å²) in [6.07, 6.45) is 4.79. The van der Waals surface area contributed by atoms with Gasteiger partial charge in [-0.1, -0.05) is 12.1 Å². The first-order chi connectivity index (χ1) is 16.4. The Hall–Kier alpha value is -4.52. The Morgan fingerprint density at radius 2 is 1.94 bits per heavy atom. The molecule has 1 aliphatic heterocycles. The predicted octanol–water partition coefficient (Wildman–Crippen LogP) is 2.65. The molecule has 4 N–H and O–H groups in total. The number of aryl methyl sites for hydroxylation is 1. The van der Waals surface area contributed by atoms with E-state index in [0.717, 1.165) is 12.0 Å². The van der Waals surface area contributed by atoms with Crippen LogP contribution >= 0.6 is 0 Å². The number of nitrogens with two attached hydrogens (primary N) is 2. The minimum absolute atomic E-state index is 0.00161. The third kappa shape index (κ3) is 3.29. The fraction of sp³-hybridized carbons (Fsp3) is 0.250. The quantitative estimate of drug-likeness (QED) is 0.476. The van der Waals surface area contributed by atoms with Crippen LogP contribution in [0, 0.1) is 18.3 Å². The monoisotopic (exact) mass is 453 g/mol. The van der Waals surface area contributed by atoms with Crippen molar-refractivity contribution in [2.45, 2.75) is 38.8 Å². The van der Waals surface area contributed by atoms with Crippen LogP contribution in [-0.2, 0) is 0 Å². The largest absolute Gasteiger partial charge is 0.382 e. The normalized spacial score (nSPS) is 17.7. The topological polar surface area (TPSA) is 153 Å². The summed E-state index contributed by atoms with van der Waals surface area (Å²) in [7, 11) is 0. The van der Waals surface area contributed by atoms with E-state index in [4.69, 9.17) is 16.5 Å². The molecule has 0 radical (unpaired) electrons. The van der Waals surface area contributed by atoms with Gasteiger partial charge in [-0.2, -0.15) is 15.2 Å². The molecule has 34 heavy (non-hydrogen) atoms. The van der Waals surface area contributed by atoms with Crippen molar-refractivity contribution in [2.24, 2.45) is 0 Å². The number of nitrogen functional groups attached to an aromatic ring is 2. The minimum atomic E-state index is -0.353. The lowest BCUT2D eigenvalue weighted by Gasteiger charge is -2.31. The fourth-order valence-corrected chi connectivity index (χ4v) is 4.74. The van der Waals surface area contributed by atoms with E-state index in [-0.39, 0.29) is 35.0 Å². The Balaban J connectivity index is 1.81. The standard InChI is InChI=1S/C24H23N9O/c1-13-5-3-7-17-19(13)23(34)33(15-6-4-10-28-12-15)22(29-17)18-9-8-14(2)32(18)21-16(11-25)20(26)30-24(27)31-21/h3-7,10,12,14,18H,8-9H2,1-2H3,(H4,26,27,30,31)/t14-,18-/m0/s1. The molecule has 0 amide bonds. The molecule has 170 valence electrons. The van der Waals surface area contributed by atoms with Gasteiger partial charge in [-0.3, -0.25) is 14.3 Å². The molecule has 1 aromatic carbocycles. The summed E-state index contributed by atoms with van der Waals surface area (Å²) in [5.74, 6) is 0.893. The maximum atomic E-state index is 13.8. The molecule has 4 aromatic rings. The lowest BCUT2D eigenvalue weighted by molar-refractivity contribution is 0.615. The highest BCUT2D eigenvalue weighted by molar-refractivity contribution is 5.81. The molecule has 1 fully saturated rings. The van der Waals surface area contributed by atoms with Crippen molar-refractivity contribution in [1.82, 2.24) is 24.5 Å². The van der Waals surface area contributed by atoms with Gasteiger partial charge in [0.2, 0.25) is 5.95 Å². The highest BCUT2D eigenvalue weighted by Crippen LogP contribution is 2.41. The number of nitrogens with zero attached hydrogens (tertiary/aromatic N) is 7. The van der Waals surface area contributed by atoms with Crippen LogP contribution in [0.4, 0.5) is 17.6 Å². The molecule has 1 aliphatic rings. The molecule has 1 saturated heterocycles. The van der Waals surface area contributed by atoms with E-state index < -0.39 is 0 Å². The van der Waals surface area contributed by atoms with E-state index in [0.29, 0.717) is 34.7 Å². The van der Waals surface area contributed by atoms with Crippen LogP contribution in [0.2, 0.25) is 0 Å². The van der Waals surface area contributed by atoms with Crippen molar-refractivity contribution < 1.29 is 0 Å². The number of pyridine rings is 1.